The molecule has 4 nitrogen and oxygen atoms in total. The predicted molar refractivity (Wildman–Crippen MR) is 77.4 cm³/mol. The molecular formula is C15H25N3O. The van der Waals surface area contributed by atoms with Crippen molar-refractivity contribution in [3.63, 3.8) is 0 Å². The molecule has 0 amide bonds. The van der Waals surface area contributed by atoms with Crippen LogP contribution in [-0.2, 0) is 6.54 Å². The van der Waals surface area contributed by atoms with Crippen LogP contribution < -0.4 is 4.74 Å². The Labute approximate surface area is 116 Å². The number of methoxy groups -OCH3 is 1. The van der Waals surface area contributed by atoms with Crippen LogP contribution in [0.2, 0.25) is 0 Å². The number of piperazine rings is 1. The second-order valence-electron chi connectivity index (χ2n) is 5.62. The van der Waals surface area contributed by atoms with Gasteiger partial charge in [-0.25, -0.2) is 4.98 Å². The first kappa shape index (κ1) is 14.3. The van der Waals surface area contributed by atoms with Gasteiger partial charge in [0.1, 0.15) is 0 Å². The average Bonchev–Trinajstić information content (AvgIpc) is 2.39. The van der Waals surface area contributed by atoms with Gasteiger partial charge in [-0.1, -0.05) is 6.07 Å². The number of hydrogen-bond acceptors (Lipinski definition) is 4. The van der Waals surface area contributed by atoms with Crippen LogP contribution in [0, 0.1) is 0 Å². The third-order valence-electron chi connectivity index (χ3n) is 3.84. The molecule has 1 aliphatic heterocycles. The zero-order chi connectivity index (χ0) is 13.8. The van der Waals surface area contributed by atoms with E-state index in [1.54, 1.807) is 7.11 Å². The van der Waals surface area contributed by atoms with Crippen molar-refractivity contribution in [3.8, 4) is 5.88 Å². The number of nitrogens with zero attached hydrogens (tertiary/aromatic N) is 3. The van der Waals surface area contributed by atoms with Gasteiger partial charge < -0.3 is 4.74 Å². The molecular weight excluding hydrogens is 238 g/mol. The fraction of sp³-hybridized carbons (Fsp3) is 0.667. The maximum absolute atomic E-state index is 5.09. The molecule has 19 heavy (non-hydrogen) atoms. The summed E-state index contributed by atoms with van der Waals surface area (Å²) in [5.41, 5.74) is 1.26. The van der Waals surface area contributed by atoms with Gasteiger partial charge in [-0.3, -0.25) is 9.80 Å². The van der Waals surface area contributed by atoms with Crippen molar-refractivity contribution >= 4 is 0 Å². The molecule has 1 aromatic rings. The third-order valence-corrected chi connectivity index (χ3v) is 3.84. The molecule has 2 rings (SSSR count). The molecule has 1 aliphatic rings. The molecule has 4 heteroatoms. The zero-order valence-corrected chi connectivity index (χ0v) is 12.5. The monoisotopic (exact) mass is 263 g/mol. The van der Waals surface area contributed by atoms with Crippen LogP contribution in [0.15, 0.2) is 18.3 Å². The SMILES string of the molecule is COc1ccc(CN2CCN(C(C)C)C(C)C2)cn1. The Kier molecular flexibility index (Phi) is 4.77. The second kappa shape index (κ2) is 6.35. The Balaban J connectivity index is 1.90. The highest BCUT2D eigenvalue weighted by atomic mass is 16.5. The molecule has 0 aromatic carbocycles. The third kappa shape index (κ3) is 3.67. The van der Waals surface area contributed by atoms with Crippen LogP contribution in [0.5, 0.6) is 5.88 Å². The van der Waals surface area contributed by atoms with E-state index in [2.05, 4.69) is 41.6 Å². The van der Waals surface area contributed by atoms with Crippen LogP contribution in [0.1, 0.15) is 26.3 Å². The Morgan fingerprint density at radius 3 is 2.68 bits per heavy atom. The molecule has 1 saturated heterocycles. The molecule has 0 radical (unpaired) electrons. The lowest BCUT2D eigenvalue weighted by Gasteiger charge is -2.42. The summed E-state index contributed by atoms with van der Waals surface area (Å²) in [5, 5.41) is 0. The highest BCUT2D eigenvalue weighted by molar-refractivity contribution is 5.17. The molecule has 1 unspecified atom stereocenters. The van der Waals surface area contributed by atoms with Gasteiger partial charge in [-0.15, -0.1) is 0 Å². The lowest BCUT2D eigenvalue weighted by molar-refractivity contribution is 0.0564. The number of pyridine rings is 1. The summed E-state index contributed by atoms with van der Waals surface area (Å²) in [7, 11) is 1.65. The maximum Gasteiger partial charge on any atom is 0.212 e. The molecule has 1 atom stereocenters. The van der Waals surface area contributed by atoms with Gasteiger partial charge in [0.05, 0.1) is 7.11 Å². The predicted octanol–water partition coefficient (Wildman–Crippen LogP) is 2.00. The number of ether oxygens (including phenoxy) is 1. The van der Waals surface area contributed by atoms with Crippen LogP contribution in [0.4, 0.5) is 0 Å². The summed E-state index contributed by atoms with van der Waals surface area (Å²) >= 11 is 0. The van der Waals surface area contributed by atoms with E-state index in [0.717, 1.165) is 26.2 Å². The van der Waals surface area contributed by atoms with Crippen LogP contribution >= 0.6 is 0 Å². The number of hydrogen-bond donors (Lipinski definition) is 0. The molecule has 106 valence electrons. The van der Waals surface area contributed by atoms with E-state index < -0.39 is 0 Å². The highest BCUT2D eigenvalue weighted by Gasteiger charge is 2.25. The molecule has 1 fully saturated rings. The fourth-order valence-electron chi connectivity index (χ4n) is 2.84. The van der Waals surface area contributed by atoms with Crippen molar-refractivity contribution in [1.82, 2.24) is 14.8 Å². The van der Waals surface area contributed by atoms with Gasteiger partial charge in [-0.2, -0.15) is 0 Å². The van der Waals surface area contributed by atoms with E-state index >= 15 is 0 Å². The Morgan fingerprint density at radius 1 is 1.37 bits per heavy atom. The quantitative estimate of drug-likeness (QED) is 0.831. The van der Waals surface area contributed by atoms with E-state index in [1.165, 1.54) is 5.56 Å². The maximum atomic E-state index is 5.09. The van der Waals surface area contributed by atoms with Gasteiger partial charge in [-0.05, 0) is 26.3 Å². The van der Waals surface area contributed by atoms with Crippen molar-refractivity contribution in [2.75, 3.05) is 26.7 Å². The Morgan fingerprint density at radius 2 is 2.16 bits per heavy atom. The van der Waals surface area contributed by atoms with Crippen molar-refractivity contribution in [2.45, 2.75) is 39.4 Å². The normalized spacial score (nSPS) is 21.8. The smallest absolute Gasteiger partial charge is 0.212 e. The number of rotatable bonds is 4. The van der Waals surface area contributed by atoms with Crippen molar-refractivity contribution in [2.24, 2.45) is 0 Å². The molecule has 0 N–H and O–H groups in total. The standard InChI is InChI=1S/C15H25N3O/c1-12(2)18-8-7-17(10-13(18)3)11-14-5-6-15(19-4)16-9-14/h5-6,9,12-13H,7-8,10-11H2,1-4H3. The molecule has 0 spiro atoms. The summed E-state index contributed by atoms with van der Waals surface area (Å²) in [6.45, 7) is 11.3. The molecule has 1 aromatic heterocycles. The largest absolute Gasteiger partial charge is 0.481 e. The minimum absolute atomic E-state index is 0.625. The molecule has 0 aliphatic carbocycles. The Bertz CT molecular complexity index is 391. The lowest BCUT2D eigenvalue weighted by atomic mass is 10.1. The van der Waals surface area contributed by atoms with Gasteiger partial charge in [0, 0.05) is 50.5 Å². The first-order valence-electron chi connectivity index (χ1n) is 7.07. The van der Waals surface area contributed by atoms with E-state index in [0.29, 0.717) is 18.0 Å². The Hall–Kier alpha value is -1.13. The highest BCUT2D eigenvalue weighted by Crippen LogP contribution is 2.16. The second-order valence-corrected chi connectivity index (χ2v) is 5.62. The minimum Gasteiger partial charge on any atom is -0.481 e. The van der Waals surface area contributed by atoms with Gasteiger partial charge in [0.15, 0.2) is 0 Å². The van der Waals surface area contributed by atoms with Crippen LogP contribution in [0.25, 0.3) is 0 Å². The lowest BCUT2D eigenvalue weighted by Crippen LogP contribution is -2.53. The van der Waals surface area contributed by atoms with Crippen LogP contribution in [-0.4, -0.2) is 53.6 Å². The van der Waals surface area contributed by atoms with Crippen molar-refractivity contribution in [3.05, 3.63) is 23.9 Å². The van der Waals surface area contributed by atoms with E-state index in [-0.39, 0.29) is 0 Å². The first-order valence-corrected chi connectivity index (χ1v) is 7.07. The molecule has 0 saturated carbocycles. The van der Waals surface area contributed by atoms with Crippen molar-refractivity contribution in [1.29, 1.82) is 0 Å². The van der Waals surface area contributed by atoms with Gasteiger partial charge in [0.2, 0.25) is 5.88 Å². The summed E-state index contributed by atoms with van der Waals surface area (Å²) in [6.07, 6.45) is 1.92. The topological polar surface area (TPSA) is 28.6 Å². The molecule has 0 bridgehead atoms. The first-order chi connectivity index (χ1) is 9.10. The summed E-state index contributed by atoms with van der Waals surface area (Å²) in [6, 6.07) is 5.30. The molecule has 2 heterocycles. The van der Waals surface area contributed by atoms with Gasteiger partial charge in [0.25, 0.3) is 0 Å². The van der Waals surface area contributed by atoms with Crippen LogP contribution in [0.3, 0.4) is 0 Å². The summed E-state index contributed by atoms with van der Waals surface area (Å²) in [4.78, 5) is 9.34. The summed E-state index contributed by atoms with van der Waals surface area (Å²) in [5.74, 6) is 0.682. The van der Waals surface area contributed by atoms with E-state index in [1.807, 2.05) is 12.3 Å². The summed E-state index contributed by atoms with van der Waals surface area (Å²) < 4.78 is 5.09. The number of aromatic nitrogens is 1. The van der Waals surface area contributed by atoms with Crippen molar-refractivity contribution < 1.29 is 4.74 Å². The fourth-order valence-corrected chi connectivity index (χ4v) is 2.84. The van der Waals surface area contributed by atoms with Gasteiger partial charge >= 0.3 is 0 Å². The zero-order valence-electron chi connectivity index (χ0n) is 12.5. The van der Waals surface area contributed by atoms with E-state index in [4.69, 9.17) is 4.74 Å². The van der Waals surface area contributed by atoms with E-state index in [9.17, 15) is 0 Å². The average molecular weight is 263 g/mol. The minimum atomic E-state index is 0.625.